The molecule has 152 valence electrons. The van der Waals surface area contributed by atoms with Crippen LogP contribution >= 0.6 is 0 Å². The normalized spacial score (nSPS) is 16.3. The zero-order chi connectivity index (χ0) is 20.6. The number of carbonyl (C=O) groups excluding carboxylic acids is 2. The van der Waals surface area contributed by atoms with Gasteiger partial charge in [0.1, 0.15) is 11.6 Å². The smallest absolute Gasteiger partial charge is 0.228 e. The molecule has 1 fully saturated rings. The van der Waals surface area contributed by atoms with Gasteiger partial charge in [0.2, 0.25) is 11.8 Å². The van der Waals surface area contributed by atoms with Gasteiger partial charge in [0.15, 0.2) is 0 Å². The number of carbonyl (C=O) groups is 2. The third-order valence-electron chi connectivity index (χ3n) is 5.09. The highest BCUT2D eigenvalue weighted by Gasteiger charge is 2.32. The summed E-state index contributed by atoms with van der Waals surface area (Å²) < 4.78 is 18.8. The molecule has 5 nitrogen and oxygen atoms in total. The van der Waals surface area contributed by atoms with Gasteiger partial charge < -0.3 is 14.2 Å². The summed E-state index contributed by atoms with van der Waals surface area (Å²) in [7, 11) is 0. The molecule has 0 unspecified atom stereocenters. The first kappa shape index (κ1) is 20.7. The van der Waals surface area contributed by atoms with E-state index in [0.717, 1.165) is 5.56 Å². The number of benzene rings is 1. The molecule has 0 saturated carbocycles. The molecule has 1 saturated heterocycles. The Morgan fingerprint density at radius 1 is 1.34 bits per heavy atom. The Kier molecular flexibility index (Phi) is 7.07. The molecule has 2 heterocycles. The molecule has 2 aromatic rings. The van der Waals surface area contributed by atoms with Crippen LogP contribution < -0.4 is 0 Å². The van der Waals surface area contributed by atoms with E-state index in [1.165, 1.54) is 12.1 Å². The first-order valence-electron chi connectivity index (χ1n) is 9.80. The number of furan rings is 1. The Morgan fingerprint density at radius 2 is 2.21 bits per heavy atom. The second kappa shape index (κ2) is 9.92. The van der Waals surface area contributed by atoms with Gasteiger partial charge in [0.25, 0.3) is 0 Å². The summed E-state index contributed by atoms with van der Waals surface area (Å²) in [5.41, 5.74) is 0.837. The zero-order valence-corrected chi connectivity index (χ0v) is 16.6. The number of rotatable bonds is 7. The van der Waals surface area contributed by atoms with Crippen molar-refractivity contribution >= 4 is 11.8 Å². The molecule has 2 amide bonds. The fourth-order valence-corrected chi connectivity index (χ4v) is 3.52. The Hall–Kier alpha value is -3.07. The summed E-state index contributed by atoms with van der Waals surface area (Å²) >= 11 is 0. The SMILES string of the molecule is CC#CCN(Cc1ccco1)C(=O)[C@@H]1CCC(=O)N(CCc2cccc(F)c2)C1. The highest BCUT2D eigenvalue weighted by molar-refractivity contribution is 5.84. The maximum atomic E-state index is 13.4. The zero-order valence-electron chi connectivity index (χ0n) is 16.6. The highest BCUT2D eigenvalue weighted by atomic mass is 19.1. The van der Waals surface area contributed by atoms with Crippen LogP contribution in [0, 0.1) is 23.6 Å². The molecular weight excluding hydrogens is 371 g/mol. The summed E-state index contributed by atoms with van der Waals surface area (Å²) in [4.78, 5) is 28.9. The lowest BCUT2D eigenvalue weighted by Crippen LogP contribution is -2.47. The summed E-state index contributed by atoms with van der Waals surface area (Å²) in [6.45, 7) is 3.27. The summed E-state index contributed by atoms with van der Waals surface area (Å²) in [5, 5.41) is 0. The Morgan fingerprint density at radius 3 is 2.93 bits per heavy atom. The number of piperidine rings is 1. The molecule has 0 spiro atoms. The number of halogens is 1. The van der Waals surface area contributed by atoms with Crippen LogP contribution in [0.4, 0.5) is 4.39 Å². The van der Waals surface area contributed by atoms with Crippen molar-refractivity contribution in [2.24, 2.45) is 5.92 Å². The average molecular weight is 396 g/mol. The molecule has 3 rings (SSSR count). The van der Waals surface area contributed by atoms with E-state index in [1.807, 2.05) is 12.1 Å². The Labute approximate surface area is 170 Å². The van der Waals surface area contributed by atoms with Crippen LogP contribution in [0.1, 0.15) is 31.1 Å². The van der Waals surface area contributed by atoms with Gasteiger partial charge >= 0.3 is 0 Å². The molecule has 6 heteroatoms. The van der Waals surface area contributed by atoms with E-state index >= 15 is 0 Å². The van der Waals surface area contributed by atoms with Crippen LogP contribution in [0.3, 0.4) is 0 Å². The molecule has 1 aliphatic heterocycles. The number of likely N-dealkylation sites (tertiary alicyclic amines) is 1. The van der Waals surface area contributed by atoms with Crippen LogP contribution in [-0.2, 0) is 22.6 Å². The van der Waals surface area contributed by atoms with E-state index in [2.05, 4.69) is 11.8 Å². The van der Waals surface area contributed by atoms with Crippen LogP contribution in [0.15, 0.2) is 47.1 Å². The molecule has 1 aromatic heterocycles. The predicted octanol–water partition coefficient (Wildman–Crippen LogP) is 3.25. The van der Waals surface area contributed by atoms with Gasteiger partial charge in [-0.15, -0.1) is 5.92 Å². The van der Waals surface area contributed by atoms with E-state index in [0.29, 0.717) is 51.2 Å². The fraction of sp³-hybridized carbons (Fsp3) is 0.391. The molecule has 0 bridgehead atoms. The van der Waals surface area contributed by atoms with Gasteiger partial charge in [0, 0.05) is 19.5 Å². The number of amides is 2. The van der Waals surface area contributed by atoms with Gasteiger partial charge in [-0.05, 0) is 49.6 Å². The van der Waals surface area contributed by atoms with Crippen LogP contribution in [0.25, 0.3) is 0 Å². The molecular formula is C23H25FN2O3. The lowest BCUT2D eigenvalue weighted by atomic mass is 9.95. The topological polar surface area (TPSA) is 53.8 Å². The quantitative estimate of drug-likeness (QED) is 0.675. The molecule has 0 aliphatic carbocycles. The van der Waals surface area contributed by atoms with Crippen molar-refractivity contribution in [1.82, 2.24) is 9.80 Å². The highest BCUT2D eigenvalue weighted by Crippen LogP contribution is 2.21. The van der Waals surface area contributed by atoms with Gasteiger partial charge in [-0.2, -0.15) is 0 Å². The van der Waals surface area contributed by atoms with Gasteiger partial charge in [-0.1, -0.05) is 18.1 Å². The van der Waals surface area contributed by atoms with Crippen molar-refractivity contribution in [3.63, 3.8) is 0 Å². The number of hydrogen-bond acceptors (Lipinski definition) is 3. The van der Waals surface area contributed by atoms with Crippen LogP contribution in [-0.4, -0.2) is 41.2 Å². The minimum Gasteiger partial charge on any atom is -0.467 e. The molecule has 0 N–H and O–H groups in total. The van der Waals surface area contributed by atoms with Crippen molar-refractivity contribution in [3.05, 3.63) is 59.8 Å². The average Bonchev–Trinajstić information content (AvgIpc) is 3.23. The van der Waals surface area contributed by atoms with Crippen molar-refractivity contribution < 1.29 is 18.4 Å². The van der Waals surface area contributed by atoms with Crippen molar-refractivity contribution in [3.8, 4) is 11.8 Å². The first-order chi connectivity index (χ1) is 14.1. The molecule has 1 aliphatic rings. The lowest BCUT2D eigenvalue weighted by Gasteiger charge is -2.34. The second-order valence-corrected chi connectivity index (χ2v) is 7.16. The minimum absolute atomic E-state index is 0.0209. The first-order valence-corrected chi connectivity index (χ1v) is 9.80. The molecule has 0 radical (unpaired) electrons. The van der Waals surface area contributed by atoms with E-state index < -0.39 is 0 Å². The van der Waals surface area contributed by atoms with Gasteiger partial charge in [-0.3, -0.25) is 9.59 Å². The third kappa shape index (κ3) is 5.71. The maximum absolute atomic E-state index is 13.4. The molecule has 1 atom stereocenters. The number of hydrogen-bond donors (Lipinski definition) is 0. The van der Waals surface area contributed by atoms with Gasteiger partial charge in [-0.25, -0.2) is 4.39 Å². The van der Waals surface area contributed by atoms with Crippen molar-refractivity contribution in [2.45, 2.75) is 32.7 Å². The Balaban J connectivity index is 1.63. The molecule has 1 aromatic carbocycles. The van der Waals surface area contributed by atoms with Crippen LogP contribution in [0.5, 0.6) is 0 Å². The fourth-order valence-electron chi connectivity index (χ4n) is 3.52. The van der Waals surface area contributed by atoms with Crippen LogP contribution in [0.2, 0.25) is 0 Å². The van der Waals surface area contributed by atoms with Gasteiger partial charge in [0.05, 0.1) is 25.3 Å². The van der Waals surface area contributed by atoms with E-state index in [9.17, 15) is 14.0 Å². The number of nitrogens with zero attached hydrogens (tertiary/aromatic N) is 2. The minimum atomic E-state index is -0.286. The monoisotopic (exact) mass is 396 g/mol. The standard InChI is InChI=1S/C23H25FN2O3/c1-2-3-12-26(17-21-8-5-14-29-21)23(28)19-9-10-22(27)25(16-19)13-11-18-6-4-7-20(24)15-18/h4-8,14-15,19H,9-13,16-17H2,1H3/t19-/m1/s1. The summed E-state index contributed by atoms with van der Waals surface area (Å²) in [5.74, 6) is 5.94. The van der Waals surface area contributed by atoms with E-state index in [4.69, 9.17) is 4.42 Å². The largest absolute Gasteiger partial charge is 0.467 e. The van der Waals surface area contributed by atoms with E-state index in [1.54, 1.807) is 35.1 Å². The predicted molar refractivity (Wildman–Crippen MR) is 107 cm³/mol. The second-order valence-electron chi connectivity index (χ2n) is 7.16. The maximum Gasteiger partial charge on any atom is 0.228 e. The van der Waals surface area contributed by atoms with E-state index in [-0.39, 0.29) is 23.5 Å². The van der Waals surface area contributed by atoms with Crippen molar-refractivity contribution in [2.75, 3.05) is 19.6 Å². The Bertz CT molecular complexity index is 898. The van der Waals surface area contributed by atoms with Crippen molar-refractivity contribution in [1.29, 1.82) is 0 Å². The lowest BCUT2D eigenvalue weighted by molar-refractivity contribution is -0.143. The third-order valence-corrected chi connectivity index (χ3v) is 5.09. The molecule has 29 heavy (non-hydrogen) atoms. The summed E-state index contributed by atoms with van der Waals surface area (Å²) in [6.07, 6.45) is 3.01. The summed E-state index contributed by atoms with van der Waals surface area (Å²) in [6, 6.07) is 10.00.